The third-order valence-electron chi connectivity index (χ3n) is 1.48. The Kier molecular flexibility index (Phi) is 1.44. The summed E-state index contributed by atoms with van der Waals surface area (Å²) in [6.45, 7) is 0.776. The maximum Gasteiger partial charge on any atom is 0.152 e. The summed E-state index contributed by atoms with van der Waals surface area (Å²) in [5.41, 5.74) is 0. The molecule has 0 saturated heterocycles. The van der Waals surface area contributed by atoms with Crippen molar-refractivity contribution >= 4 is 5.82 Å². The number of nitrogens with one attached hydrogen (secondary N) is 1. The van der Waals surface area contributed by atoms with E-state index in [4.69, 9.17) is 0 Å². The van der Waals surface area contributed by atoms with E-state index < -0.39 is 0 Å². The van der Waals surface area contributed by atoms with Crippen molar-refractivity contribution in [2.75, 3.05) is 11.6 Å². The van der Waals surface area contributed by atoms with E-state index >= 15 is 0 Å². The lowest BCUT2D eigenvalue weighted by Crippen LogP contribution is -2.20. The predicted octanol–water partition coefficient (Wildman–Crippen LogP) is 0.315. The van der Waals surface area contributed by atoms with Crippen LogP contribution in [0.4, 0.5) is 5.82 Å². The SMILES string of the molecule is C1=CN(c2cnccn2)CN1. The van der Waals surface area contributed by atoms with Gasteiger partial charge in [-0.05, 0) is 0 Å². The van der Waals surface area contributed by atoms with Crippen molar-refractivity contribution in [2.24, 2.45) is 0 Å². The zero-order valence-electron chi connectivity index (χ0n) is 5.94. The van der Waals surface area contributed by atoms with Crippen molar-refractivity contribution < 1.29 is 0 Å². The molecule has 0 atom stereocenters. The van der Waals surface area contributed by atoms with E-state index in [-0.39, 0.29) is 0 Å². The van der Waals surface area contributed by atoms with Gasteiger partial charge in [0.25, 0.3) is 0 Å². The van der Waals surface area contributed by atoms with Crippen LogP contribution in [0, 0.1) is 0 Å². The molecule has 1 N–H and O–H groups in total. The Balaban J connectivity index is 2.23. The zero-order chi connectivity index (χ0) is 7.52. The van der Waals surface area contributed by atoms with Crippen LogP contribution in [0.25, 0.3) is 0 Å². The van der Waals surface area contributed by atoms with E-state index in [1.54, 1.807) is 18.6 Å². The van der Waals surface area contributed by atoms with Crippen LogP contribution < -0.4 is 10.2 Å². The summed E-state index contributed by atoms with van der Waals surface area (Å²) >= 11 is 0. The summed E-state index contributed by atoms with van der Waals surface area (Å²) in [6.07, 6.45) is 8.90. The minimum atomic E-state index is 0.776. The first-order valence-corrected chi connectivity index (χ1v) is 3.39. The summed E-state index contributed by atoms with van der Waals surface area (Å²) in [5.74, 6) is 0.869. The normalized spacial score (nSPS) is 15.1. The summed E-state index contributed by atoms with van der Waals surface area (Å²) < 4.78 is 0. The Bertz CT molecular complexity index is 256. The highest BCUT2D eigenvalue weighted by Gasteiger charge is 2.05. The van der Waals surface area contributed by atoms with Crippen LogP contribution in [0.1, 0.15) is 0 Å². The Labute approximate surface area is 64.6 Å². The number of anilines is 1. The second kappa shape index (κ2) is 2.57. The molecule has 0 aliphatic carbocycles. The van der Waals surface area contributed by atoms with Gasteiger partial charge in [-0.25, -0.2) is 4.98 Å². The largest absolute Gasteiger partial charge is 0.372 e. The molecule has 56 valence electrons. The first-order chi connectivity index (χ1) is 5.47. The topological polar surface area (TPSA) is 41.1 Å². The lowest BCUT2D eigenvalue weighted by atomic mass is 10.6. The molecule has 0 saturated carbocycles. The van der Waals surface area contributed by atoms with Crippen molar-refractivity contribution in [3.05, 3.63) is 31.0 Å². The molecular weight excluding hydrogens is 140 g/mol. The zero-order valence-corrected chi connectivity index (χ0v) is 5.94. The molecule has 0 amide bonds. The second-order valence-corrected chi connectivity index (χ2v) is 2.21. The summed E-state index contributed by atoms with van der Waals surface area (Å²) in [7, 11) is 0. The molecule has 0 aromatic carbocycles. The minimum absolute atomic E-state index is 0.776. The van der Waals surface area contributed by atoms with Gasteiger partial charge < -0.3 is 10.2 Å². The van der Waals surface area contributed by atoms with Crippen LogP contribution in [-0.2, 0) is 0 Å². The van der Waals surface area contributed by atoms with Gasteiger partial charge in [-0.15, -0.1) is 0 Å². The number of aromatic nitrogens is 2. The van der Waals surface area contributed by atoms with Crippen molar-refractivity contribution in [2.45, 2.75) is 0 Å². The van der Waals surface area contributed by atoms with Crippen LogP contribution in [-0.4, -0.2) is 16.6 Å². The van der Waals surface area contributed by atoms with E-state index in [2.05, 4.69) is 15.3 Å². The third-order valence-corrected chi connectivity index (χ3v) is 1.48. The average Bonchev–Trinajstić information content (AvgIpc) is 2.58. The van der Waals surface area contributed by atoms with Crippen LogP contribution in [0.3, 0.4) is 0 Å². The van der Waals surface area contributed by atoms with Crippen molar-refractivity contribution in [3.63, 3.8) is 0 Å². The smallest absolute Gasteiger partial charge is 0.152 e. The fourth-order valence-corrected chi connectivity index (χ4v) is 0.943. The van der Waals surface area contributed by atoms with Gasteiger partial charge in [0, 0.05) is 24.8 Å². The molecule has 1 aromatic rings. The van der Waals surface area contributed by atoms with Gasteiger partial charge in [0.2, 0.25) is 0 Å². The fourth-order valence-electron chi connectivity index (χ4n) is 0.943. The van der Waals surface area contributed by atoms with Crippen LogP contribution in [0.5, 0.6) is 0 Å². The molecule has 1 aromatic heterocycles. The Morgan fingerprint density at radius 3 is 3.09 bits per heavy atom. The molecule has 4 heteroatoms. The molecule has 0 fully saturated rings. The fraction of sp³-hybridized carbons (Fsp3) is 0.143. The highest BCUT2D eigenvalue weighted by molar-refractivity contribution is 5.40. The van der Waals surface area contributed by atoms with Gasteiger partial charge in [-0.2, -0.15) is 0 Å². The van der Waals surface area contributed by atoms with Crippen LogP contribution in [0.2, 0.25) is 0 Å². The lowest BCUT2D eigenvalue weighted by molar-refractivity contribution is 0.882. The molecule has 2 heterocycles. The number of hydrogen-bond donors (Lipinski definition) is 1. The second-order valence-electron chi connectivity index (χ2n) is 2.21. The first kappa shape index (κ1) is 6.15. The highest BCUT2D eigenvalue weighted by atomic mass is 15.3. The molecule has 4 nitrogen and oxygen atoms in total. The number of rotatable bonds is 1. The van der Waals surface area contributed by atoms with Gasteiger partial charge in [-0.1, -0.05) is 0 Å². The Morgan fingerprint density at radius 2 is 2.45 bits per heavy atom. The molecule has 11 heavy (non-hydrogen) atoms. The monoisotopic (exact) mass is 148 g/mol. The minimum Gasteiger partial charge on any atom is -0.372 e. The first-order valence-electron chi connectivity index (χ1n) is 3.39. The Hall–Kier alpha value is -1.58. The van der Waals surface area contributed by atoms with E-state index in [1.165, 1.54) is 0 Å². The van der Waals surface area contributed by atoms with Gasteiger partial charge in [0.15, 0.2) is 5.82 Å². The third kappa shape index (κ3) is 1.14. The molecule has 0 spiro atoms. The molecule has 0 radical (unpaired) electrons. The highest BCUT2D eigenvalue weighted by Crippen LogP contribution is 2.08. The van der Waals surface area contributed by atoms with Crippen molar-refractivity contribution in [1.29, 1.82) is 0 Å². The van der Waals surface area contributed by atoms with E-state index in [1.807, 2.05) is 17.3 Å². The van der Waals surface area contributed by atoms with Gasteiger partial charge in [0.1, 0.15) is 0 Å². The van der Waals surface area contributed by atoms with Gasteiger partial charge in [-0.3, -0.25) is 4.98 Å². The van der Waals surface area contributed by atoms with Gasteiger partial charge in [0.05, 0.1) is 12.9 Å². The quantitative estimate of drug-likeness (QED) is 0.622. The molecular formula is C7H8N4. The van der Waals surface area contributed by atoms with E-state index in [0.29, 0.717) is 0 Å². The molecule has 2 rings (SSSR count). The van der Waals surface area contributed by atoms with E-state index in [9.17, 15) is 0 Å². The van der Waals surface area contributed by atoms with Crippen molar-refractivity contribution in [1.82, 2.24) is 15.3 Å². The number of hydrogen-bond acceptors (Lipinski definition) is 4. The van der Waals surface area contributed by atoms with Gasteiger partial charge >= 0.3 is 0 Å². The molecule has 1 aliphatic rings. The summed E-state index contributed by atoms with van der Waals surface area (Å²) in [4.78, 5) is 10.1. The maximum atomic E-state index is 4.13. The lowest BCUT2D eigenvalue weighted by Gasteiger charge is -2.11. The predicted molar refractivity (Wildman–Crippen MR) is 41.7 cm³/mol. The standard InChI is InChI=1S/C7H8N4/c1-2-10-7(5-8-1)11-4-3-9-6-11/h1-5,9H,6H2. The maximum absolute atomic E-state index is 4.13. The van der Waals surface area contributed by atoms with E-state index in [0.717, 1.165) is 12.5 Å². The summed E-state index contributed by atoms with van der Waals surface area (Å²) in [6, 6.07) is 0. The Morgan fingerprint density at radius 1 is 1.45 bits per heavy atom. The molecule has 1 aliphatic heterocycles. The van der Waals surface area contributed by atoms with Crippen molar-refractivity contribution in [3.8, 4) is 0 Å². The average molecular weight is 148 g/mol. The molecule has 0 unspecified atom stereocenters. The summed E-state index contributed by atoms with van der Waals surface area (Å²) in [5, 5.41) is 3.05. The van der Waals surface area contributed by atoms with Crippen LogP contribution >= 0.6 is 0 Å². The number of nitrogens with zero attached hydrogens (tertiary/aromatic N) is 3. The van der Waals surface area contributed by atoms with Crippen LogP contribution in [0.15, 0.2) is 31.0 Å². The molecule has 0 bridgehead atoms.